The number of aryl methyl sites for hydroxylation is 1. The number of thioether (sulfide) groups is 1. The lowest BCUT2D eigenvalue weighted by Crippen LogP contribution is -2.02. The summed E-state index contributed by atoms with van der Waals surface area (Å²) in [5.74, 6) is 0.441. The van der Waals surface area contributed by atoms with Gasteiger partial charge in [-0.15, -0.1) is 0 Å². The second-order valence-electron chi connectivity index (χ2n) is 4.26. The maximum absolute atomic E-state index is 12.1. The molecule has 0 saturated heterocycles. The Morgan fingerprint density at radius 1 is 1.25 bits per heavy atom. The van der Waals surface area contributed by atoms with Crippen molar-refractivity contribution < 1.29 is 4.79 Å². The monoisotopic (exact) mass is 284 g/mol. The van der Waals surface area contributed by atoms with Crippen LogP contribution in [0.3, 0.4) is 0 Å². The van der Waals surface area contributed by atoms with Gasteiger partial charge >= 0.3 is 0 Å². The van der Waals surface area contributed by atoms with E-state index in [0.717, 1.165) is 21.6 Å². The molecule has 2 aromatic heterocycles. The fraction of sp³-hybridized carbons (Fsp3) is 0.143. The van der Waals surface area contributed by atoms with Gasteiger partial charge < -0.3 is 0 Å². The summed E-state index contributed by atoms with van der Waals surface area (Å²) in [4.78, 5) is 20.5. The zero-order valence-electron chi connectivity index (χ0n) is 10.9. The van der Waals surface area contributed by atoms with Gasteiger partial charge in [0.1, 0.15) is 11.4 Å². The summed E-state index contributed by atoms with van der Waals surface area (Å²) < 4.78 is 1.69. The lowest BCUT2D eigenvalue weighted by atomic mass is 10.2. The van der Waals surface area contributed by atoms with Crippen LogP contribution in [0.1, 0.15) is 10.4 Å². The first-order valence-corrected chi connectivity index (χ1v) is 7.08. The third kappa shape index (κ3) is 2.42. The Hall–Kier alpha value is -2.21. The van der Waals surface area contributed by atoms with E-state index in [-0.39, 0.29) is 5.78 Å². The van der Waals surface area contributed by atoms with Gasteiger partial charge in [-0.2, -0.15) is 5.10 Å². The van der Waals surface area contributed by atoms with Crippen LogP contribution in [0.5, 0.6) is 0 Å². The minimum atomic E-state index is 0.0891. The van der Waals surface area contributed by atoms with Crippen molar-refractivity contribution in [2.75, 3.05) is 5.75 Å². The number of rotatable bonds is 4. The molecule has 5 nitrogen and oxygen atoms in total. The highest BCUT2D eigenvalue weighted by atomic mass is 32.2. The summed E-state index contributed by atoms with van der Waals surface area (Å²) in [5, 5.41) is 5.82. The molecule has 6 heteroatoms. The zero-order valence-corrected chi connectivity index (χ0v) is 11.7. The van der Waals surface area contributed by atoms with Crippen LogP contribution in [0, 0.1) is 0 Å². The lowest BCUT2D eigenvalue weighted by molar-refractivity contribution is 0.102. The third-order valence-corrected chi connectivity index (χ3v) is 3.93. The molecule has 0 N–H and O–H groups in total. The van der Waals surface area contributed by atoms with Crippen LogP contribution in [-0.2, 0) is 7.05 Å². The van der Waals surface area contributed by atoms with Gasteiger partial charge in [-0.1, -0.05) is 42.1 Å². The Kier molecular flexibility index (Phi) is 3.47. The van der Waals surface area contributed by atoms with Gasteiger partial charge in [0.05, 0.1) is 17.3 Å². The molecule has 0 spiro atoms. The largest absolute Gasteiger partial charge is 0.293 e. The average molecular weight is 284 g/mol. The van der Waals surface area contributed by atoms with Gasteiger partial charge in [0.15, 0.2) is 11.4 Å². The van der Waals surface area contributed by atoms with Gasteiger partial charge in [0, 0.05) is 12.6 Å². The first-order chi connectivity index (χ1) is 9.75. The van der Waals surface area contributed by atoms with E-state index in [1.54, 1.807) is 10.9 Å². The Balaban J connectivity index is 1.79. The smallest absolute Gasteiger partial charge is 0.173 e. The zero-order chi connectivity index (χ0) is 13.9. The van der Waals surface area contributed by atoms with Crippen LogP contribution >= 0.6 is 11.8 Å². The van der Waals surface area contributed by atoms with E-state index >= 15 is 0 Å². The van der Waals surface area contributed by atoms with Crippen molar-refractivity contribution in [3.05, 3.63) is 48.4 Å². The maximum Gasteiger partial charge on any atom is 0.173 e. The highest BCUT2D eigenvalue weighted by Gasteiger charge is 2.11. The molecule has 0 fully saturated rings. The van der Waals surface area contributed by atoms with E-state index in [0.29, 0.717) is 5.75 Å². The van der Waals surface area contributed by atoms with Crippen LogP contribution in [0.15, 0.2) is 47.9 Å². The summed E-state index contributed by atoms with van der Waals surface area (Å²) in [6, 6.07) is 9.27. The number of fused-ring (bicyclic) bond motifs is 1. The summed E-state index contributed by atoms with van der Waals surface area (Å²) in [6.07, 6.45) is 3.23. The number of hydrogen-bond acceptors (Lipinski definition) is 5. The standard InChI is InChI=1S/C14H12N4OS/c1-18-13-11(7-17-18)14(16-9-15-13)20-8-12(19)10-5-3-2-4-6-10/h2-7,9H,8H2,1H3. The molecule has 1 aromatic carbocycles. The number of benzene rings is 1. The summed E-state index contributed by atoms with van der Waals surface area (Å²) >= 11 is 1.41. The first kappa shape index (κ1) is 12.8. The predicted octanol–water partition coefficient (Wildman–Crippen LogP) is 2.34. The summed E-state index contributed by atoms with van der Waals surface area (Å²) in [5.41, 5.74) is 1.49. The Labute approximate surface area is 120 Å². The highest BCUT2D eigenvalue weighted by molar-refractivity contribution is 8.00. The summed E-state index contributed by atoms with van der Waals surface area (Å²) in [6.45, 7) is 0. The van der Waals surface area contributed by atoms with Crippen molar-refractivity contribution in [1.29, 1.82) is 0 Å². The van der Waals surface area contributed by atoms with E-state index in [9.17, 15) is 4.79 Å². The molecule has 0 bridgehead atoms. The molecule has 0 amide bonds. The number of aromatic nitrogens is 4. The third-order valence-electron chi connectivity index (χ3n) is 2.93. The van der Waals surface area contributed by atoms with Crippen molar-refractivity contribution in [3.63, 3.8) is 0 Å². The van der Waals surface area contributed by atoms with Crippen LogP contribution in [0.4, 0.5) is 0 Å². The number of carbonyl (C=O) groups excluding carboxylic acids is 1. The minimum Gasteiger partial charge on any atom is -0.293 e. The van der Waals surface area contributed by atoms with Crippen molar-refractivity contribution in [2.45, 2.75) is 5.03 Å². The number of carbonyl (C=O) groups is 1. The van der Waals surface area contributed by atoms with Crippen molar-refractivity contribution in [1.82, 2.24) is 19.7 Å². The minimum absolute atomic E-state index is 0.0891. The van der Waals surface area contributed by atoms with Crippen LogP contribution in [0.25, 0.3) is 11.0 Å². The highest BCUT2D eigenvalue weighted by Crippen LogP contribution is 2.24. The molecule has 0 saturated carbocycles. The Morgan fingerprint density at radius 2 is 2.05 bits per heavy atom. The van der Waals surface area contributed by atoms with E-state index in [1.165, 1.54) is 18.1 Å². The second-order valence-corrected chi connectivity index (χ2v) is 5.23. The molecule has 3 rings (SSSR count). The van der Waals surface area contributed by atoms with Gasteiger partial charge in [0.25, 0.3) is 0 Å². The van der Waals surface area contributed by atoms with Crippen LogP contribution in [-0.4, -0.2) is 31.3 Å². The van der Waals surface area contributed by atoms with E-state index in [4.69, 9.17) is 0 Å². The van der Waals surface area contributed by atoms with Crippen LogP contribution < -0.4 is 0 Å². The van der Waals surface area contributed by atoms with Gasteiger partial charge in [0.2, 0.25) is 0 Å². The number of nitrogens with zero attached hydrogens (tertiary/aromatic N) is 4. The fourth-order valence-corrected chi connectivity index (χ4v) is 2.75. The molecule has 0 aliphatic carbocycles. The Bertz CT molecular complexity index is 754. The molecule has 20 heavy (non-hydrogen) atoms. The molecule has 0 aliphatic heterocycles. The topological polar surface area (TPSA) is 60.7 Å². The van der Waals surface area contributed by atoms with Crippen LogP contribution in [0.2, 0.25) is 0 Å². The quantitative estimate of drug-likeness (QED) is 0.418. The number of hydrogen-bond donors (Lipinski definition) is 0. The van der Waals surface area contributed by atoms with Crippen molar-refractivity contribution in [2.24, 2.45) is 7.05 Å². The average Bonchev–Trinajstić information content (AvgIpc) is 2.88. The predicted molar refractivity (Wildman–Crippen MR) is 77.8 cm³/mol. The van der Waals surface area contributed by atoms with Gasteiger partial charge in [-0.25, -0.2) is 9.97 Å². The number of Topliss-reactive ketones (excluding diaryl/α,β-unsaturated/α-hetero) is 1. The van der Waals surface area contributed by atoms with Gasteiger partial charge in [-0.3, -0.25) is 9.48 Å². The second kappa shape index (κ2) is 5.42. The molecule has 2 heterocycles. The molecular formula is C14H12N4OS. The molecule has 0 unspecified atom stereocenters. The van der Waals surface area contributed by atoms with Crippen molar-refractivity contribution in [3.8, 4) is 0 Å². The van der Waals surface area contributed by atoms with E-state index < -0.39 is 0 Å². The number of ketones is 1. The van der Waals surface area contributed by atoms with Crippen molar-refractivity contribution >= 4 is 28.6 Å². The normalized spacial score (nSPS) is 10.8. The molecule has 0 radical (unpaired) electrons. The molecule has 100 valence electrons. The first-order valence-electron chi connectivity index (χ1n) is 6.09. The fourth-order valence-electron chi connectivity index (χ4n) is 1.90. The SMILES string of the molecule is Cn1ncc2c(SCC(=O)c3ccccc3)ncnc21. The molecule has 0 atom stereocenters. The lowest BCUT2D eigenvalue weighted by Gasteiger charge is -2.02. The van der Waals surface area contributed by atoms with Gasteiger partial charge in [-0.05, 0) is 0 Å². The molecular weight excluding hydrogens is 272 g/mol. The maximum atomic E-state index is 12.1. The molecule has 3 aromatic rings. The van der Waals surface area contributed by atoms with E-state index in [2.05, 4.69) is 15.1 Å². The summed E-state index contributed by atoms with van der Waals surface area (Å²) in [7, 11) is 1.83. The van der Waals surface area contributed by atoms with E-state index in [1.807, 2.05) is 37.4 Å². The molecule has 0 aliphatic rings. The Morgan fingerprint density at radius 3 is 2.85 bits per heavy atom.